The van der Waals surface area contributed by atoms with Crippen molar-refractivity contribution < 1.29 is 24.2 Å². The molecule has 108 valence electrons. The monoisotopic (exact) mass is 271 g/mol. The molecule has 1 saturated heterocycles. The van der Waals surface area contributed by atoms with Gasteiger partial charge < -0.3 is 14.6 Å². The van der Waals surface area contributed by atoms with Crippen molar-refractivity contribution in [3.05, 3.63) is 24.8 Å². The van der Waals surface area contributed by atoms with E-state index >= 15 is 0 Å². The zero-order valence-corrected chi connectivity index (χ0v) is 11.3. The topological polar surface area (TPSA) is 76.1 Å². The molecule has 0 bridgehead atoms. The predicted octanol–water partition coefficient (Wildman–Crippen LogP) is 0.695. The van der Waals surface area contributed by atoms with Gasteiger partial charge >= 0.3 is 11.9 Å². The Morgan fingerprint density at radius 1 is 1.42 bits per heavy atom. The van der Waals surface area contributed by atoms with Crippen LogP contribution in [0.15, 0.2) is 24.8 Å². The molecule has 1 heterocycles. The van der Waals surface area contributed by atoms with Gasteiger partial charge in [-0.3, -0.25) is 4.90 Å². The summed E-state index contributed by atoms with van der Waals surface area (Å²) in [6.07, 6.45) is 0.833. The average Bonchev–Trinajstić information content (AvgIpc) is 2.40. The van der Waals surface area contributed by atoms with Gasteiger partial charge in [-0.1, -0.05) is 13.2 Å². The average molecular weight is 271 g/mol. The highest BCUT2D eigenvalue weighted by atomic mass is 16.5. The minimum Gasteiger partial charge on any atom is -0.478 e. The van der Waals surface area contributed by atoms with E-state index in [1.807, 2.05) is 0 Å². The van der Waals surface area contributed by atoms with Gasteiger partial charge in [-0.05, 0) is 6.92 Å². The number of aliphatic carboxylic acids is 1. The molecule has 0 unspecified atom stereocenters. The van der Waals surface area contributed by atoms with Crippen LogP contribution in [0.25, 0.3) is 0 Å². The first-order valence-corrected chi connectivity index (χ1v) is 5.95. The predicted molar refractivity (Wildman–Crippen MR) is 70.9 cm³/mol. The normalized spacial score (nSPS) is 14.8. The van der Waals surface area contributed by atoms with Crippen LogP contribution in [0.4, 0.5) is 0 Å². The molecular weight excluding hydrogens is 250 g/mol. The van der Waals surface area contributed by atoms with Gasteiger partial charge in [0.2, 0.25) is 0 Å². The molecule has 0 aromatic carbocycles. The largest absolute Gasteiger partial charge is 0.478 e. The molecule has 1 aliphatic heterocycles. The van der Waals surface area contributed by atoms with E-state index in [9.17, 15) is 9.59 Å². The van der Waals surface area contributed by atoms with Crippen LogP contribution in [-0.2, 0) is 19.1 Å². The van der Waals surface area contributed by atoms with Gasteiger partial charge in [-0.25, -0.2) is 9.59 Å². The highest BCUT2D eigenvalue weighted by Crippen LogP contribution is 1.97. The van der Waals surface area contributed by atoms with Gasteiger partial charge in [-0.15, -0.1) is 0 Å². The molecule has 0 atom stereocenters. The number of ether oxygens (including phenoxy) is 2. The second kappa shape index (κ2) is 10.3. The summed E-state index contributed by atoms with van der Waals surface area (Å²) in [5, 5.41) is 7.60. The molecule has 0 aromatic heterocycles. The van der Waals surface area contributed by atoms with Crippen molar-refractivity contribution in [1.82, 2.24) is 4.90 Å². The van der Waals surface area contributed by atoms with Gasteiger partial charge in [0.05, 0.1) is 13.2 Å². The van der Waals surface area contributed by atoms with Crippen molar-refractivity contribution in [3.8, 4) is 0 Å². The van der Waals surface area contributed by atoms with Crippen LogP contribution in [0.3, 0.4) is 0 Å². The number of esters is 1. The molecule has 0 aromatic rings. The zero-order valence-electron chi connectivity index (χ0n) is 11.3. The molecule has 19 heavy (non-hydrogen) atoms. The first kappa shape index (κ1) is 17.3. The van der Waals surface area contributed by atoms with Crippen LogP contribution < -0.4 is 0 Å². The summed E-state index contributed by atoms with van der Waals surface area (Å²) in [5.41, 5.74) is 0.451. The van der Waals surface area contributed by atoms with Crippen molar-refractivity contribution >= 4 is 11.9 Å². The summed E-state index contributed by atoms with van der Waals surface area (Å²) in [7, 11) is 0. The Kier molecular flexibility index (Phi) is 9.38. The molecule has 0 spiro atoms. The summed E-state index contributed by atoms with van der Waals surface area (Å²) in [5.74, 6) is -1.29. The van der Waals surface area contributed by atoms with Crippen molar-refractivity contribution in [2.45, 2.75) is 6.92 Å². The second-order valence-corrected chi connectivity index (χ2v) is 3.91. The Morgan fingerprint density at radius 3 is 2.37 bits per heavy atom. The number of morpholine rings is 1. The number of carboxylic acid groups (broad SMARTS) is 1. The molecule has 6 heteroatoms. The number of nitrogens with zero attached hydrogens (tertiary/aromatic N) is 1. The maximum Gasteiger partial charge on any atom is 0.333 e. The van der Waals surface area contributed by atoms with Crippen LogP contribution in [0.2, 0.25) is 0 Å². The lowest BCUT2D eigenvalue weighted by Crippen LogP contribution is -2.38. The number of carboxylic acids is 1. The van der Waals surface area contributed by atoms with Crippen LogP contribution >= 0.6 is 0 Å². The molecule has 0 aliphatic carbocycles. The summed E-state index contributed by atoms with van der Waals surface area (Å²) in [6.45, 7) is 12.7. The van der Waals surface area contributed by atoms with Crippen molar-refractivity contribution in [1.29, 1.82) is 0 Å². The fraction of sp³-hybridized carbons (Fsp3) is 0.538. The minimum atomic E-state index is -0.981. The fourth-order valence-electron chi connectivity index (χ4n) is 1.22. The molecule has 1 rings (SSSR count). The summed E-state index contributed by atoms with van der Waals surface area (Å²) in [6, 6.07) is 0. The molecule has 1 N–H and O–H groups in total. The summed E-state index contributed by atoms with van der Waals surface area (Å²) < 4.78 is 10.2. The molecule has 1 fully saturated rings. The Hall–Kier alpha value is -1.66. The summed E-state index contributed by atoms with van der Waals surface area (Å²) in [4.78, 5) is 22.5. The number of hydrogen-bond acceptors (Lipinski definition) is 5. The lowest BCUT2D eigenvalue weighted by Gasteiger charge is -2.26. The van der Waals surface area contributed by atoms with E-state index < -0.39 is 5.97 Å². The van der Waals surface area contributed by atoms with E-state index in [4.69, 9.17) is 14.6 Å². The molecule has 0 radical (unpaired) electrons. The van der Waals surface area contributed by atoms with Crippen molar-refractivity contribution in [2.24, 2.45) is 0 Å². The van der Waals surface area contributed by atoms with E-state index in [-0.39, 0.29) is 5.97 Å². The van der Waals surface area contributed by atoms with Gasteiger partial charge in [0, 0.05) is 31.3 Å². The maximum absolute atomic E-state index is 11.0. The molecule has 0 saturated carbocycles. The van der Waals surface area contributed by atoms with E-state index in [0.717, 1.165) is 38.9 Å². The lowest BCUT2D eigenvalue weighted by atomic mass is 10.4. The first-order chi connectivity index (χ1) is 8.97. The highest BCUT2D eigenvalue weighted by molar-refractivity contribution is 5.86. The van der Waals surface area contributed by atoms with Gasteiger partial charge in [0.15, 0.2) is 0 Å². The molecule has 0 amide bonds. The third kappa shape index (κ3) is 9.99. The number of carbonyl (C=O) groups is 2. The smallest absolute Gasteiger partial charge is 0.333 e. The Balaban J connectivity index is 0.000000555. The summed E-state index contributed by atoms with van der Waals surface area (Å²) >= 11 is 0. The van der Waals surface area contributed by atoms with Crippen LogP contribution in [0.5, 0.6) is 0 Å². The van der Waals surface area contributed by atoms with E-state index in [2.05, 4.69) is 18.1 Å². The van der Waals surface area contributed by atoms with Gasteiger partial charge in [-0.2, -0.15) is 0 Å². The van der Waals surface area contributed by atoms with E-state index in [1.165, 1.54) is 0 Å². The number of rotatable bonds is 5. The zero-order chi connectivity index (χ0) is 14.7. The number of hydrogen-bond donors (Lipinski definition) is 1. The Bertz CT molecular complexity index is 321. The third-order valence-electron chi connectivity index (χ3n) is 2.27. The van der Waals surface area contributed by atoms with E-state index in [0.29, 0.717) is 12.2 Å². The van der Waals surface area contributed by atoms with Crippen LogP contribution in [0.1, 0.15) is 6.92 Å². The SMILES string of the molecule is C=C(C)C(=O)OCCN1CCOCC1.C=CC(=O)O. The van der Waals surface area contributed by atoms with Crippen LogP contribution in [0, 0.1) is 0 Å². The number of carbonyl (C=O) groups excluding carboxylic acids is 1. The minimum absolute atomic E-state index is 0.307. The second-order valence-electron chi connectivity index (χ2n) is 3.91. The lowest BCUT2D eigenvalue weighted by molar-refractivity contribution is -0.139. The fourth-order valence-corrected chi connectivity index (χ4v) is 1.22. The molecule has 1 aliphatic rings. The third-order valence-corrected chi connectivity index (χ3v) is 2.27. The quantitative estimate of drug-likeness (QED) is 0.586. The Morgan fingerprint density at radius 2 is 1.95 bits per heavy atom. The van der Waals surface area contributed by atoms with Crippen molar-refractivity contribution in [3.63, 3.8) is 0 Å². The van der Waals surface area contributed by atoms with Crippen LogP contribution in [-0.4, -0.2) is 61.4 Å². The first-order valence-electron chi connectivity index (χ1n) is 5.95. The standard InChI is InChI=1S/C10H17NO3.C3H4O2/c1-9(2)10(12)14-8-5-11-3-6-13-7-4-11;1-2-3(4)5/h1,3-8H2,2H3;2H,1H2,(H,4,5). The molecule has 6 nitrogen and oxygen atoms in total. The van der Waals surface area contributed by atoms with Crippen molar-refractivity contribution in [2.75, 3.05) is 39.5 Å². The maximum atomic E-state index is 11.0. The van der Waals surface area contributed by atoms with Gasteiger partial charge in [0.25, 0.3) is 0 Å². The van der Waals surface area contributed by atoms with E-state index in [1.54, 1.807) is 6.92 Å². The molecular formula is C13H21NO5. The van der Waals surface area contributed by atoms with Gasteiger partial charge in [0.1, 0.15) is 6.61 Å². The Labute approximate surface area is 113 Å². The highest BCUT2D eigenvalue weighted by Gasteiger charge is 2.10.